The topological polar surface area (TPSA) is 110 Å². The summed E-state index contributed by atoms with van der Waals surface area (Å²) < 4.78 is 6.57. The first-order valence-electron chi connectivity index (χ1n) is 8.09. The number of aromatic amines is 1. The zero-order valence-electron chi connectivity index (χ0n) is 14.0. The second-order valence-corrected chi connectivity index (χ2v) is 5.84. The number of rotatable bonds is 4. The highest BCUT2D eigenvalue weighted by atomic mass is 16.7. The van der Waals surface area contributed by atoms with Gasteiger partial charge in [-0.1, -0.05) is 42.5 Å². The van der Waals surface area contributed by atoms with Crippen molar-refractivity contribution in [3.05, 3.63) is 77.1 Å². The van der Waals surface area contributed by atoms with Crippen LogP contribution in [0.1, 0.15) is 5.56 Å². The highest BCUT2D eigenvalue weighted by molar-refractivity contribution is 5.74. The normalized spacial score (nSPS) is 10.8. The van der Waals surface area contributed by atoms with Crippen molar-refractivity contribution < 1.29 is 14.6 Å². The minimum atomic E-state index is -1.36. The van der Waals surface area contributed by atoms with Gasteiger partial charge in [-0.25, -0.2) is 14.8 Å². The van der Waals surface area contributed by atoms with Crippen LogP contribution in [0.5, 0.6) is 5.75 Å². The van der Waals surface area contributed by atoms with E-state index in [1.165, 1.54) is 6.33 Å². The van der Waals surface area contributed by atoms with Crippen molar-refractivity contribution >= 4 is 17.3 Å². The highest BCUT2D eigenvalue weighted by Gasteiger charge is 2.11. The van der Waals surface area contributed by atoms with Crippen LogP contribution in [0.2, 0.25) is 0 Å². The summed E-state index contributed by atoms with van der Waals surface area (Å²) in [5.74, 6) is 0.274. The van der Waals surface area contributed by atoms with Crippen molar-refractivity contribution in [2.45, 2.75) is 6.54 Å². The average Bonchev–Trinajstić information content (AvgIpc) is 3.07. The number of aromatic nitrogens is 4. The summed E-state index contributed by atoms with van der Waals surface area (Å²) in [6, 6.07) is 14.5. The SMILES string of the molecule is O=C(O)Oc1ccccc1-c1ccc(Cn2cnc3nc[nH]c(=O)c32)cc1. The number of nitrogens with zero attached hydrogens (tertiary/aromatic N) is 3. The molecule has 0 aliphatic carbocycles. The predicted molar refractivity (Wildman–Crippen MR) is 97.8 cm³/mol. The predicted octanol–water partition coefficient (Wildman–Crippen LogP) is 2.89. The second-order valence-electron chi connectivity index (χ2n) is 5.84. The van der Waals surface area contributed by atoms with Gasteiger partial charge in [-0.2, -0.15) is 0 Å². The Morgan fingerprint density at radius 2 is 1.89 bits per heavy atom. The van der Waals surface area contributed by atoms with Crippen LogP contribution in [-0.2, 0) is 6.54 Å². The first kappa shape index (κ1) is 16.5. The van der Waals surface area contributed by atoms with Gasteiger partial charge in [-0.15, -0.1) is 0 Å². The van der Waals surface area contributed by atoms with Crippen LogP contribution in [0.25, 0.3) is 22.3 Å². The molecule has 0 bridgehead atoms. The Kier molecular flexibility index (Phi) is 4.13. The first-order chi connectivity index (χ1) is 13.1. The zero-order chi connectivity index (χ0) is 18.8. The number of carboxylic acid groups (broad SMARTS) is 1. The molecule has 0 amide bonds. The maximum absolute atomic E-state index is 12.0. The Morgan fingerprint density at radius 1 is 1.11 bits per heavy atom. The number of ether oxygens (including phenoxy) is 1. The van der Waals surface area contributed by atoms with E-state index in [4.69, 9.17) is 9.84 Å². The van der Waals surface area contributed by atoms with Crippen molar-refractivity contribution in [2.75, 3.05) is 0 Å². The third-order valence-electron chi connectivity index (χ3n) is 4.12. The number of carbonyl (C=O) groups is 1. The summed E-state index contributed by atoms with van der Waals surface area (Å²) in [7, 11) is 0. The molecule has 0 fully saturated rings. The zero-order valence-corrected chi connectivity index (χ0v) is 14.0. The van der Waals surface area contributed by atoms with Crippen molar-refractivity contribution in [3.8, 4) is 16.9 Å². The van der Waals surface area contributed by atoms with Gasteiger partial charge in [0.2, 0.25) is 0 Å². The van der Waals surface area contributed by atoms with Gasteiger partial charge in [-0.05, 0) is 17.2 Å². The molecule has 134 valence electrons. The van der Waals surface area contributed by atoms with Crippen LogP contribution in [0.4, 0.5) is 4.79 Å². The number of hydrogen-bond acceptors (Lipinski definition) is 5. The van der Waals surface area contributed by atoms with Gasteiger partial charge >= 0.3 is 6.16 Å². The molecule has 0 aliphatic rings. The van der Waals surface area contributed by atoms with E-state index in [2.05, 4.69) is 15.0 Å². The molecule has 2 aromatic heterocycles. The molecule has 4 rings (SSSR count). The second kappa shape index (κ2) is 6.75. The highest BCUT2D eigenvalue weighted by Crippen LogP contribution is 2.30. The van der Waals surface area contributed by atoms with Crippen LogP contribution in [0.15, 0.2) is 66.0 Å². The molecule has 4 aromatic rings. The summed E-state index contributed by atoms with van der Waals surface area (Å²) in [6.07, 6.45) is 1.55. The number of hydrogen-bond donors (Lipinski definition) is 2. The molecule has 8 heteroatoms. The molecule has 8 nitrogen and oxygen atoms in total. The fourth-order valence-corrected chi connectivity index (χ4v) is 2.91. The lowest BCUT2D eigenvalue weighted by atomic mass is 10.0. The summed E-state index contributed by atoms with van der Waals surface area (Å²) >= 11 is 0. The lowest BCUT2D eigenvalue weighted by molar-refractivity contribution is 0.144. The van der Waals surface area contributed by atoms with Gasteiger partial charge in [0.15, 0.2) is 11.2 Å². The molecule has 0 aliphatic heterocycles. The van der Waals surface area contributed by atoms with E-state index in [-0.39, 0.29) is 11.3 Å². The molecular formula is C19H14N4O4. The molecule has 2 heterocycles. The fourth-order valence-electron chi connectivity index (χ4n) is 2.91. The van der Waals surface area contributed by atoms with Crippen molar-refractivity contribution in [3.63, 3.8) is 0 Å². The van der Waals surface area contributed by atoms with Gasteiger partial charge in [0.05, 0.1) is 12.7 Å². The lowest BCUT2D eigenvalue weighted by Crippen LogP contribution is -2.11. The molecule has 0 atom stereocenters. The standard InChI is InChI=1S/C19H14N4O4/c24-18-16-17(20-10-21-18)22-11-23(16)9-12-5-7-13(8-6-12)14-3-1-2-4-15(14)27-19(25)26/h1-8,10-11H,9H2,(H,25,26)(H,20,21,24). The van der Waals surface area contributed by atoms with Gasteiger partial charge in [0, 0.05) is 12.1 Å². The van der Waals surface area contributed by atoms with E-state index in [1.807, 2.05) is 30.3 Å². The van der Waals surface area contributed by atoms with Crippen LogP contribution in [0.3, 0.4) is 0 Å². The van der Waals surface area contributed by atoms with Crippen LogP contribution in [-0.4, -0.2) is 30.8 Å². The molecule has 2 aromatic carbocycles. The van der Waals surface area contributed by atoms with E-state index in [0.717, 1.165) is 11.1 Å². The molecule has 0 saturated heterocycles. The van der Waals surface area contributed by atoms with E-state index >= 15 is 0 Å². The molecule has 0 saturated carbocycles. The van der Waals surface area contributed by atoms with Crippen molar-refractivity contribution in [1.82, 2.24) is 19.5 Å². The van der Waals surface area contributed by atoms with E-state index in [9.17, 15) is 9.59 Å². The van der Waals surface area contributed by atoms with Gasteiger partial charge < -0.3 is 19.4 Å². The molecule has 0 spiro atoms. The van der Waals surface area contributed by atoms with E-state index in [1.54, 1.807) is 29.1 Å². The van der Waals surface area contributed by atoms with Gasteiger partial charge in [0.1, 0.15) is 5.75 Å². The number of para-hydroxylation sites is 1. The minimum Gasteiger partial charge on any atom is -0.449 e. The monoisotopic (exact) mass is 362 g/mol. The third kappa shape index (κ3) is 3.28. The maximum atomic E-state index is 12.0. The Balaban J connectivity index is 1.63. The quantitative estimate of drug-likeness (QED) is 0.427. The summed E-state index contributed by atoms with van der Waals surface area (Å²) in [5.41, 5.74) is 3.04. The Morgan fingerprint density at radius 3 is 2.67 bits per heavy atom. The Hall–Kier alpha value is -3.94. The molecule has 0 unspecified atom stereocenters. The smallest absolute Gasteiger partial charge is 0.449 e. The van der Waals surface area contributed by atoms with Crippen LogP contribution < -0.4 is 10.3 Å². The molecule has 2 N–H and O–H groups in total. The number of benzene rings is 2. The summed E-state index contributed by atoms with van der Waals surface area (Å²) in [6.45, 7) is 0.457. The average molecular weight is 362 g/mol. The lowest BCUT2D eigenvalue weighted by Gasteiger charge is -2.09. The van der Waals surface area contributed by atoms with E-state index in [0.29, 0.717) is 23.3 Å². The number of imidazole rings is 1. The first-order valence-corrected chi connectivity index (χ1v) is 8.09. The van der Waals surface area contributed by atoms with Crippen molar-refractivity contribution in [2.24, 2.45) is 0 Å². The Labute approximate surface area is 152 Å². The number of H-pyrrole nitrogens is 1. The van der Waals surface area contributed by atoms with Gasteiger partial charge in [-0.3, -0.25) is 4.79 Å². The molecule has 27 heavy (non-hydrogen) atoms. The summed E-state index contributed by atoms with van der Waals surface area (Å²) in [5, 5.41) is 8.87. The largest absolute Gasteiger partial charge is 0.511 e. The van der Waals surface area contributed by atoms with Crippen LogP contribution >= 0.6 is 0 Å². The fraction of sp³-hybridized carbons (Fsp3) is 0.0526. The Bertz CT molecular complexity index is 1180. The van der Waals surface area contributed by atoms with Crippen LogP contribution in [0, 0.1) is 0 Å². The maximum Gasteiger partial charge on any atom is 0.511 e. The number of fused-ring (bicyclic) bond motifs is 1. The number of nitrogens with one attached hydrogen (secondary N) is 1. The molecule has 0 radical (unpaired) electrons. The van der Waals surface area contributed by atoms with Crippen molar-refractivity contribution in [1.29, 1.82) is 0 Å². The third-order valence-corrected chi connectivity index (χ3v) is 4.12. The van der Waals surface area contributed by atoms with Gasteiger partial charge in [0.25, 0.3) is 5.56 Å². The summed E-state index contributed by atoms with van der Waals surface area (Å²) in [4.78, 5) is 33.6. The van der Waals surface area contributed by atoms with E-state index < -0.39 is 6.16 Å². The molecular weight excluding hydrogens is 348 g/mol. The minimum absolute atomic E-state index is 0.242.